The van der Waals surface area contributed by atoms with Crippen molar-refractivity contribution >= 4 is 10.9 Å². The number of aromatic nitrogens is 2. The Labute approximate surface area is 195 Å². The summed E-state index contributed by atoms with van der Waals surface area (Å²) in [6.07, 6.45) is 5.79. The number of hydrogen-bond acceptors (Lipinski definition) is 4. The number of benzene rings is 2. The van der Waals surface area contributed by atoms with Crippen LogP contribution in [0, 0.1) is 6.92 Å². The molecule has 0 aliphatic heterocycles. The van der Waals surface area contributed by atoms with Gasteiger partial charge in [0.2, 0.25) is 0 Å². The van der Waals surface area contributed by atoms with E-state index in [0.29, 0.717) is 6.61 Å². The van der Waals surface area contributed by atoms with Crippen LogP contribution in [0.2, 0.25) is 0 Å². The fraction of sp³-hybridized carbons (Fsp3) is 0.286. The number of pyridine rings is 2. The summed E-state index contributed by atoms with van der Waals surface area (Å²) in [5.41, 5.74) is 4.83. The van der Waals surface area contributed by atoms with E-state index in [2.05, 4.69) is 47.1 Å². The Morgan fingerprint density at radius 1 is 0.970 bits per heavy atom. The predicted molar refractivity (Wildman–Crippen MR) is 133 cm³/mol. The maximum absolute atomic E-state index is 11.8. The Bertz CT molecular complexity index is 1250. The van der Waals surface area contributed by atoms with Crippen LogP contribution in [0.25, 0.3) is 10.9 Å². The van der Waals surface area contributed by atoms with Gasteiger partial charge in [0.15, 0.2) is 0 Å². The van der Waals surface area contributed by atoms with Crippen molar-refractivity contribution < 1.29 is 4.74 Å². The molecule has 0 unspecified atom stereocenters. The number of hydrogen-bond donors (Lipinski definition) is 0. The molecule has 5 heteroatoms. The van der Waals surface area contributed by atoms with E-state index in [1.54, 1.807) is 17.7 Å². The average Bonchev–Trinajstić information content (AvgIpc) is 2.83. The molecule has 33 heavy (non-hydrogen) atoms. The molecule has 0 radical (unpaired) electrons. The van der Waals surface area contributed by atoms with Crippen molar-refractivity contribution in [2.45, 2.75) is 32.9 Å². The summed E-state index contributed by atoms with van der Waals surface area (Å²) in [6, 6.07) is 22.1. The lowest BCUT2D eigenvalue weighted by molar-refractivity contribution is 0.235. The van der Waals surface area contributed by atoms with E-state index < -0.39 is 0 Å². The number of nitrogens with zero attached hydrogens (tertiary/aromatic N) is 3. The third-order valence-corrected chi connectivity index (χ3v) is 6.02. The summed E-state index contributed by atoms with van der Waals surface area (Å²) >= 11 is 0. The first-order valence-corrected chi connectivity index (χ1v) is 11.5. The second kappa shape index (κ2) is 10.9. The van der Waals surface area contributed by atoms with Crippen molar-refractivity contribution in [1.82, 2.24) is 14.5 Å². The molecule has 0 fully saturated rings. The molecule has 0 saturated heterocycles. The van der Waals surface area contributed by atoms with Gasteiger partial charge in [-0.1, -0.05) is 30.3 Å². The van der Waals surface area contributed by atoms with Gasteiger partial charge in [-0.3, -0.25) is 14.7 Å². The summed E-state index contributed by atoms with van der Waals surface area (Å²) in [6.45, 7) is 5.64. The van der Waals surface area contributed by atoms with E-state index in [0.717, 1.165) is 49.1 Å². The molecule has 170 valence electrons. The van der Waals surface area contributed by atoms with E-state index in [1.807, 2.05) is 42.7 Å². The standard InChI is InChI=1S/C28H31N3O2/c1-22-8-3-4-10-25(22)21-31(20-23-9-7-15-29-19-23)16-5-6-17-33-26-12-13-27-24(18-26)11-14-28(32)30(27)2/h3-4,7-15,18-19H,5-6,16-17,20-21H2,1-2H3. The largest absolute Gasteiger partial charge is 0.494 e. The molecule has 0 spiro atoms. The van der Waals surface area contributed by atoms with Crippen molar-refractivity contribution in [2.75, 3.05) is 13.2 Å². The molecule has 2 heterocycles. The highest BCUT2D eigenvalue weighted by Gasteiger charge is 2.09. The lowest BCUT2D eigenvalue weighted by atomic mass is 10.1. The smallest absolute Gasteiger partial charge is 0.250 e. The lowest BCUT2D eigenvalue weighted by Gasteiger charge is -2.23. The number of fused-ring (bicyclic) bond motifs is 1. The van der Waals surface area contributed by atoms with E-state index in [9.17, 15) is 4.79 Å². The fourth-order valence-corrected chi connectivity index (χ4v) is 4.07. The van der Waals surface area contributed by atoms with E-state index >= 15 is 0 Å². The van der Waals surface area contributed by atoms with Gasteiger partial charge in [-0.05, 0) is 73.3 Å². The molecule has 0 saturated carbocycles. The van der Waals surface area contributed by atoms with Gasteiger partial charge in [0.25, 0.3) is 5.56 Å². The van der Waals surface area contributed by atoms with Gasteiger partial charge in [0.1, 0.15) is 5.75 Å². The van der Waals surface area contributed by atoms with Gasteiger partial charge in [0, 0.05) is 44.0 Å². The Morgan fingerprint density at radius 3 is 2.67 bits per heavy atom. The first-order chi connectivity index (χ1) is 16.1. The molecule has 0 aliphatic carbocycles. The molecule has 5 nitrogen and oxygen atoms in total. The highest BCUT2D eigenvalue weighted by atomic mass is 16.5. The van der Waals surface area contributed by atoms with Crippen LogP contribution < -0.4 is 10.3 Å². The zero-order chi connectivity index (χ0) is 23.0. The SMILES string of the molecule is Cc1ccccc1CN(CCCCOc1ccc2c(ccc(=O)n2C)c1)Cc1cccnc1. The second-order valence-electron chi connectivity index (χ2n) is 8.51. The molecular weight excluding hydrogens is 410 g/mol. The van der Waals surface area contributed by atoms with Gasteiger partial charge in [-0.2, -0.15) is 0 Å². The number of rotatable bonds is 10. The number of aryl methyl sites for hydroxylation is 2. The van der Waals surface area contributed by atoms with Crippen molar-refractivity contribution in [3.63, 3.8) is 0 Å². The quantitative estimate of drug-likeness (QED) is 0.321. The van der Waals surface area contributed by atoms with E-state index in [-0.39, 0.29) is 5.56 Å². The van der Waals surface area contributed by atoms with Crippen LogP contribution in [0.5, 0.6) is 5.75 Å². The van der Waals surface area contributed by atoms with Crippen LogP contribution in [-0.2, 0) is 20.1 Å². The molecule has 0 atom stereocenters. The normalized spacial score (nSPS) is 11.2. The first kappa shape index (κ1) is 22.7. The summed E-state index contributed by atoms with van der Waals surface area (Å²) in [5.74, 6) is 0.841. The van der Waals surface area contributed by atoms with E-state index in [4.69, 9.17) is 4.74 Å². The van der Waals surface area contributed by atoms with Crippen molar-refractivity contribution in [2.24, 2.45) is 7.05 Å². The number of ether oxygens (including phenoxy) is 1. The highest BCUT2D eigenvalue weighted by Crippen LogP contribution is 2.20. The van der Waals surface area contributed by atoms with Crippen LogP contribution in [0.4, 0.5) is 0 Å². The Balaban J connectivity index is 1.32. The molecular formula is C28H31N3O2. The van der Waals surface area contributed by atoms with Gasteiger partial charge < -0.3 is 9.30 Å². The molecule has 2 aromatic carbocycles. The minimum atomic E-state index is -0.00213. The molecule has 0 amide bonds. The molecule has 4 aromatic rings. The summed E-state index contributed by atoms with van der Waals surface area (Å²) in [4.78, 5) is 18.5. The third kappa shape index (κ3) is 6.08. The fourth-order valence-electron chi connectivity index (χ4n) is 4.07. The zero-order valence-electron chi connectivity index (χ0n) is 19.4. The Morgan fingerprint density at radius 2 is 1.85 bits per heavy atom. The number of unbranched alkanes of at least 4 members (excludes halogenated alkanes) is 1. The van der Waals surface area contributed by atoms with Crippen molar-refractivity contribution in [3.05, 3.63) is 106 Å². The maximum Gasteiger partial charge on any atom is 0.250 e. The van der Waals surface area contributed by atoms with Gasteiger partial charge in [-0.25, -0.2) is 0 Å². The Kier molecular flexibility index (Phi) is 7.53. The second-order valence-corrected chi connectivity index (χ2v) is 8.51. The van der Waals surface area contributed by atoms with Crippen molar-refractivity contribution in [1.29, 1.82) is 0 Å². The minimum Gasteiger partial charge on any atom is -0.494 e. The Hall–Kier alpha value is -3.44. The van der Waals surface area contributed by atoms with E-state index in [1.165, 1.54) is 16.7 Å². The summed E-state index contributed by atoms with van der Waals surface area (Å²) in [5, 5.41) is 1.01. The van der Waals surface area contributed by atoms with Crippen LogP contribution in [-0.4, -0.2) is 27.6 Å². The molecule has 0 aliphatic rings. The van der Waals surface area contributed by atoms with Crippen LogP contribution in [0.1, 0.15) is 29.5 Å². The lowest BCUT2D eigenvalue weighted by Crippen LogP contribution is -2.25. The van der Waals surface area contributed by atoms with Crippen LogP contribution in [0.15, 0.2) is 83.9 Å². The molecule has 2 aromatic heterocycles. The van der Waals surface area contributed by atoms with Gasteiger partial charge in [0.05, 0.1) is 12.1 Å². The zero-order valence-corrected chi connectivity index (χ0v) is 19.4. The van der Waals surface area contributed by atoms with Gasteiger partial charge >= 0.3 is 0 Å². The first-order valence-electron chi connectivity index (χ1n) is 11.5. The topological polar surface area (TPSA) is 47.4 Å². The van der Waals surface area contributed by atoms with Crippen molar-refractivity contribution in [3.8, 4) is 5.75 Å². The molecule has 4 rings (SSSR count). The molecule has 0 N–H and O–H groups in total. The molecule has 0 bridgehead atoms. The van der Waals surface area contributed by atoms with Gasteiger partial charge in [-0.15, -0.1) is 0 Å². The minimum absolute atomic E-state index is 0.00213. The summed E-state index contributed by atoms with van der Waals surface area (Å²) < 4.78 is 7.66. The van der Waals surface area contributed by atoms with Crippen LogP contribution >= 0.6 is 0 Å². The monoisotopic (exact) mass is 441 g/mol. The predicted octanol–water partition coefficient (Wildman–Crippen LogP) is 5.10. The third-order valence-electron chi connectivity index (χ3n) is 6.02. The average molecular weight is 442 g/mol. The highest BCUT2D eigenvalue weighted by molar-refractivity contribution is 5.80. The van der Waals surface area contributed by atoms with Crippen LogP contribution in [0.3, 0.4) is 0 Å². The summed E-state index contributed by atoms with van der Waals surface area (Å²) in [7, 11) is 1.79. The maximum atomic E-state index is 11.8.